The fourth-order valence-electron chi connectivity index (χ4n) is 1.42. The lowest BCUT2D eigenvalue weighted by atomic mass is 10.3. The topological polar surface area (TPSA) is 80.1 Å². The summed E-state index contributed by atoms with van der Waals surface area (Å²) in [6, 6.07) is 7.52. The van der Waals surface area contributed by atoms with E-state index in [1.807, 2.05) is 31.3 Å². The van der Waals surface area contributed by atoms with Gasteiger partial charge in [0, 0.05) is 21.6 Å². The summed E-state index contributed by atoms with van der Waals surface area (Å²) in [6.07, 6.45) is 0. The van der Waals surface area contributed by atoms with E-state index in [-0.39, 0.29) is 11.6 Å². The Kier molecular flexibility index (Phi) is 5.80. The first-order valence-electron chi connectivity index (χ1n) is 5.87. The summed E-state index contributed by atoms with van der Waals surface area (Å²) in [4.78, 5) is 12.1. The Morgan fingerprint density at radius 1 is 1.45 bits per heavy atom. The van der Waals surface area contributed by atoms with Crippen LogP contribution in [0.15, 0.2) is 33.9 Å². The minimum Gasteiger partial charge on any atom is -0.320 e. The molecule has 1 aromatic heterocycles. The quantitative estimate of drug-likeness (QED) is 0.437. The predicted molar refractivity (Wildman–Crippen MR) is 86.1 cm³/mol. The number of nitrogens with zero attached hydrogens (tertiary/aromatic N) is 2. The molecule has 0 spiro atoms. The van der Waals surface area contributed by atoms with Crippen LogP contribution >= 0.6 is 34.4 Å². The number of carbonyl (C=O) groups excluding carboxylic acids is 1. The molecule has 0 fully saturated rings. The lowest BCUT2D eigenvalue weighted by molar-refractivity contribution is 0.101. The maximum Gasteiger partial charge on any atom is 0.280 e. The van der Waals surface area contributed by atoms with Gasteiger partial charge in [-0.05, 0) is 58.2 Å². The highest BCUT2D eigenvalue weighted by Gasteiger charge is 2.18. The molecule has 0 saturated heterocycles. The molecule has 0 atom stereocenters. The van der Waals surface area contributed by atoms with E-state index >= 15 is 0 Å². The molecular weight excluding hydrogens is 391 g/mol. The van der Waals surface area contributed by atoms with Crippen molar-refractivity contribution in [2.45, 2.75) is 5.03 Å². The van der Waals surface area contributed by atoms with Gasteiger partial charge in [0.25, 0.3) is 5.91 Å². The molecular formula is C12H13IN4O2S. The Balaban J connectivity index is 2.04. The summed E-state index contributed by atoms with van der Waals surface area (Å²) < 4.78 is 5.70. The average Bonchev–Trinajstić information content (AvgIpc) is 2.87. The SMILES string of the molecule is CNCCSc1nonc1C(=O)Nc1cccc(I)c1. The first-order chi connectivity index (χ1) is 9.70. The third-order valence-corrected chi connectivity index (χ3v) is 3.97. The molecule has 8 heteroatoms. The number of benzene rings is 1. The number of aromatic nitrogens is 2. The molecule has 0 aliphatic heterocycles. The molecule has 0 bridgehead atoms. The zero-order chi connectivity index (χ0) is 14.4. The van der Waals surface area contributed by atoms with Crippen molar-refractivity contribution in [1.82, 2.24) is 15.6 Å². The molecule has 0 saturated carbocycles. The smallest absolute Gasteiger partial charge is 0.280 e. The van der Waals surface area contributed by atoms with Gasteiger partial charge in [-0.15, -0.1) is 0 Å². The minimum atomic E-state index is -0.319. The molecule has 0 aliphatic rings. The second kappa shape index (κ2) is 7.60. The molecule has 20 heavy (non-hydrogen) atoms. The maximum atomic E-state index is 12.1. The van der Waals surface area contributed by atoms with Crippen LogP contribution in [0.2, 0.25) is 0 Å². The van der Waals surface area contributed by atoms with Crippen molar-refractivity contribution >= 4 is 45.9 Å². The second-order valence-electron chi connectivity index (χ2n) is 3.83. The lowest BCUT2D eigenvalue weighted by Crippen LogP contribution is -2.14. The van der Waals surface area contributed by atoms with Gasteiger partial charge < -0.3 is 10.6 Å². The number of carbonyl (C=O) groups is 1. The Hall–Kier alpha value is -1.13. The molecule has 1 aromatic carbocycles. The normalized spacial score (nSPS) is 10.5. The largest absolute Gasteiger partial charge is 0.320 e. The van der Waals surface area contributed by atoms with E-state index in [1.165, 1.54) is 11.8 Å². The van der Waals surface area contributed by atoms with Gasteiger partial charge in [-0.3, -0.25) is 4.79 Å². The van der Waals surface area contributed by atoms with Crippen molar-refractivity contribution in [1.29, 1.82) is 0 Å². The Morgan fingerprint density at radius 3 is 3.05 bits per heavy atom. The van der Waals surface area contributed by atoms with E-state index < -0.39 is 0 Å². The highest BCUT2D eigenvalue weighted by Crippen LogP contribution is 2.20. The van der Waals surface area contributed by atoms with Crippen molar-refractivity contribution in [3.8, 4) is 0 Å². The van der Waals surface area contributed by atoms with Crippen LogP contribution in [0.1, 0.15) is 10.5 Å². The number of rotatable bonds is 6. The van der Waals surface area contributed by atoms with Crippen molar-refractivity contribution in [2.75, 3.05) is 24.7 Å². The summed E-state index contributed by atoms with van der Waals surface area (Å²) in [5.41, 5.74) is 0.932. The van der Waals surface area contributed by atoms with Gasteiger partial charge in [0.1, 0.15) is 0 Å². The van der Waals surface area contributed by atoms with Crippen LogP contribution in [0.5, 0.6) is 0 Å². The average molecular weight is 404 g/mol. The Bertz CT molecular complexity index is 590. The second-order valence-corrected chi connectivity index (χ2v) is 6.16. The highest BCUT2D eigenvalue weighted by molar-refractivity contribution is 14.1. The third-order valence-electron chi connectivity index (χ3n) is 2.35. The fraction of sp³-hybridized carbons (Fsp3) is 0.250. The van der Waals surface area contributed by atoms with Gasteiger partial charge in [0.2, 0.25) is 5.69 Å². The summed E-state index contributed by atoms with van der Waals surface area (Å²) in [6.45, 7) is 0.815. The molecule has 0 aliphatic carbocycles. The van der Waals surface area contributed by atoms with Crippen LogP contribution in [0.4, 0.5) is 5.69 Å². The number of nitrogens with one attached hydrogen (secondary N) is 2. The number of hydrogen-bond acceptors (Lipinski definition) is 6. The number of anilines is 1. The minimum absolute atomic E-state index is 0.213. The zero-order valence-electron chi connectivity index (χ0n) is 10.7. The van der Waals surface area contributed by atoms with E-state index in [1.54, 1.807) is 0 Å². The summed E-state index contributed by atoms with van der Waals surface area (Å²) >= 11 is 3.61. The number of amides is 1. The Morgan fingerprint density at radius 2 is 2.30 bits per heavy atom. The van der Waals surface area contributed by atoms with E-state index in [2.05, 4.69) is 48.2 Å². The zero-order valence-corrected chi connectivity index (χ0v) is 13.7. The first kappa shape index (κ1) is 15.3. The number of thioether (sulfide) groups is 1. The van der Waals surface area contributed by atoms with Gasteiger partial charge >= 0.3 is 0 Å². The van der Waals surface area contributed by atoms with Crippen molar-refractivity contribution in [3.05, 3.63) is 33.5 Å². The Labute approximate surface area is 134 Å². The van der Waals surface area contributed by atoms with Gasteiger partial charge in [0.05, 0.1) is 0 Å². The summed E-state index contributed by atoms with van der Waals surface area (Å²) in [7, 11) is 1.87. The van der Waals surface area contributed by atoms with Gasteiger partial charge in [0.15, 0.2) is 5.03 Å². The standard InChI is InChI=1S/C12H13IN4O2S/c1-14-5-6-20-12-10(16-19-17-12)11(18)15-9-4-2-3-8(13)7-9/h2-4,7,14H,5-6H2,1H3,(H,15,18). The van der Waals surface area contributed by atoms with E-state index in [0.29, 0.717) is 5.03 Å². The first-order valence-corrected chi connectivity index (χ1v) is 7.94. The molecule has 106 valence electrons. The highest BCUT2D eigenvalue weighted by atomic mass is 127. The molecule has 1 heterocycles. The third kappa shape index (κ3) is 4.18. The predicted octanol–water partition coefficient (Wildman–Crippen LogP) is 2.24. The van der Waals surface area contributed by atoms with E-state index in [0.717, 1.165) is 21.6 Å². The van der Waals surface area contributed by atoms with Crippen LogP contribution in [0.3, 0.4) is 0 Å². The molecule has 0 radical (unpaired) electrons. The number of halogens is 1. The van der Waals surface area contributed by atoms with E-state index in [9.17, 15) is 4.79 Å². The van der Waals surface area contributed by atoms with Crippen LogP contribution in [-0.4, -0.2) is 35.6 Å². The van der Waals surface area contributed by atoms with E-state index in [4.69, 9.17) is 0 Å². The van der Waals surface area contributed by atoms with Gasteiger partial charge in [-0.25, -0.2) is 4.63 Å². The van der Waals surface area contributed by atoms with Crippen LogP contribution in [0.25, 0.3) is 0 Å². The maximum absolute atomic E-state index is 12.1. The summed E-state index contributed by atoms with van der Waals surface area (Å²) in [5, 5.41) is 13.7. The molecule has 0 unspecified atom stereocenters. The summed E-state index contributed by atoms with van der Waals surface area (Å²) in [5.74, 6) is 0.467. The van der Waals surface area contributed by atoms with Crippen LogP contribution < -0.4 is 10.6 Å². The molecule has 2 aromatic rings. The van der Waals surface area contributed by atoms with Crippen LogP contribution in [0, 0.1) is 3.57 Å². The monoisotopic (exact) mass is 404 g/mol. The van der Waals surface area contributed by atoms with Crippen molar-refractivity contribution in [2.24, 2.45) is 0 Å². The van der Waals surface area contributed by atoms with Crippen molar-refractivity contribution < 1.29 is 9.42 Å². The number of hydrogen-bond donors (Lipinski definition) is 2. The van der Waals surface area contributed by atoms with Crippen LogP contribution in [-0.2, 0) is 0 Å². The molecule has 6 nitrogen and oxygen atoms in total. The molecule has 2 rings (SSSR count). The van der Waals surface area contributed by atoms with Gasteiger partial charge in [-0.2, -0.15) is 0 Å². The fourth-order valence-corrected chi connectivity index (χ4v) is 2.82. The van der Waals surface area contributed by atoms with Gasteiger partial charge in [-0.1, -0.05) is 17.8 Å². The molecule has 2 N–H and O–H groups in total. The lowest BCUT2D eigenvalue weighted by Gasteiger charge is -2.04. The molecule has 1 amide bonds. The van der Waals surface area contributed by atoms with Crippen molar-refractivity contribution in [3.63, 3.8) is 0 Å².